The van der Waals surface area contributed by atoms with Crippen molar-refractivity contribution in [3.8, 4) is 17.0 Å². The Bertz CT molecular complexity index is 850. The summed E-state index contributed by atoms with van der Waals surface area (Å²) in [6, 6.07) is 10.1. The number of pyridine rings is 1. The number of benzene rings is 2. The number of nitrogens with one attached hydrogen (secondary N) is 1. The zero-order chi connectivity index (χ0) is 14.3. The molecule has 0 saturated carbocycles. The summed E-state index contributed by atoms with van der Waals surface area (Å²) in [6.07, 6.45) is 0. The van der Waals surface area contributed by atoms with E-state index in [9.17, 15) is 9.59 Å². The molecule has 0 unspecified atom stereocenters. The molecule has 1 heterocycles. The zero-order valence-corrected chi connectivity index (χ0v) is 10.6. The van der Waals surface area contributed by atoms with Crippen LogP contribution in [0.2, 0.25) is 0 Å². The van der Waals surface area contributed by atoms with Crippen LogP contribution in [0.25, 0.3) is 22.2 Å². The number of hydrogen-bond donors (Lipinski definition) is 2. The van der Waals surface area contributed by atoms with E-state index in [4.69, 9.17) is 9.84 Å². The molecule has 1 aliphatic carbocycles. The predicted octanol–water partition coefficient (Wildman–Crippen LogP) is 2.34. The van der Waals surface area contributed by atoms with Crippen LogP contribution in [0.4, 0.5) is 0 Å². The molecular formula is C15H11NO4. The Balaban J connectivity index is 2.38. The molecule has 1 aromatic carbocycles. The number of H-pyrrole nitrogens is 1. The van der Waals surface area contributed by atoms with Gasteiger partial charge in [-0.3, -0.25) is 4.79 Å². The number of aromatic carboxylic acids is 1. The molecule has 20 heavy (non-hydrogen) atoms. The van der Waals surface area contributed by atoms with E-state index in [1.165, 1.54) is 6.07 Å². The first-order valence-corrected chi connectivity index (χ1v) is 5.97. The van der Waals surface area contributed by atoms with Crippen LogP contribution in [0.3, 0.4) is 0 Å². The molecule has 5 heteroatoms. The fourth-order valence-electron chi connectivity index (χ4n) is 2.22. The highest BCUT2D eigenvalue weighted by atomic mass is 16.5. The summed E-state index contributed by atoms with van der Waals surface area (Å²) in [5, 5.41) is 9.78. The van der Waals surface area contributed by atoms with Crippen LogP contribution >= 0.6 is 0 Å². The Hall–Kier alpha value is -2.82. The molecular weight excluding hydrogens is 258 g/mol. The Labute approximate surface area is 113 Å². The van der Waals surface area contributed by atoms with Gasteiger partial charge in [0.05, 0.1) is 7.11 Å². The summed E-state index contributed by atoms with van der Waals surface area (Å²) in [5.41, 5.74) is 1.09. The van der Waals surface area contributed by atoms with Crippen molar-refractivity contribution >= 4 is 16.9 Å². The molecule has 0 saturated heterocycles. The van der Waals surface area contributed by atoms with E-state index >= 15 is 0 Å². The molecule has 0 atom stereocenters. The van der Waals surface area contributed by atoms with Crippen LogP contribution in [-0.2, 0) is 0 Å². The molecule has 1 aromatic rings. The number of aromatic amines is 1. The van der Waals surface area contributed by atoms with E-state index in [1.54, 1.807) is 25.3 Å². The van der Waals surface area contributed by atoms with Gasteiger partial charge in [-0.25, -0.2) is 4.79 Å². The van der Waals surface area contributed by atoms with Gasteiger partial charge in [-0.05, 0) is 36.4 Å². The first-order chi connectivity index (χ1) is 9.60. The third-order valence-corrected chi connectivity index (χ3v) is 3.25. The molecule has 0 radical (unpaired) electrons. The van der Waals surface area contributed by atoms with Crippen LogP contribution in [0, 0.1) is 0 Å². The van der Waals surface area contributed by atoms with Crippen molar-refractivity contribution in [1.29, 1.82) is 0 Å². The second-order valence-corrected chi connectivity index (χ2v) is 4.43. The molecule has 0 spiro atoms. The fraction of sp³-hybridized carbons (Fsp3) is 0.0667. The zero-order valence-electron chi connectivity index (χ0n) is 10.6. The van der Waals surface area contributed by atoms with Crippen molar-refractivity contribution < 1.29 is 14.6 Å². The van der Waals surface area contributed by atoms with Crippen molar-refractivity contribution in [2.24, 2.45) is 0 Å². The molecule has 2 aliphatic rings. The third-order valence-electron chi connectivity index (χ3n) is 3.25. The van der Waals surface area contributed by atoms with Crippen molar-refractivity contribution in [3.05, 3.63) is 52.2 Å². The molecule has 0 amide bonds. The van der Waals surface area contributed by atoms with Gasteiger partial charge in [0.25, 0.3) is 0 Å². The lowest BCUT2D eigenvalue weighted by Crippen LogP contribution is -2.17. The number of ether oxygens (including phenoxy) is 1. The van der Waals surface area contributed by atoms with Crippen LogP contribution in [0.1, 0.15) is 10.4 Å². The van der Waals surface area contributed by atoms with Gasteiger partial charge in [0.1, 0.15) is 11.3 Å². The SMILES string of the molecule is COc1ccc2[nH]c3ccc(C(=O)O)c(=O)c-3cc2c1. The monoisotopic (exact) mass is 269 g/mol. The minimum absolute atomic E-state index is 0.229. The van der Waals surface area contributed by atoms with Crippen LogP contribution < -0.4 is 10.2 Å². The van der Waals surface area contributed by atoms with E-state index < -0.39 is 11.4 Å². The molecule has 1 aliphatic heterocycles. The van der Waals surface area contributed by atoms with Gasteiger partial charge >= 0.3 is 5.97 Å². The molecule has 0 bridgehead atoms. The maximum Gasteiger partial charge on any atom is 0.339 e. The number of aromatic nitrogens is 1. The number of hydrogen-bond acceptors (Lipinski definition) is 3. The molecule has 5 nitrogen and oxygen atoms in total. The fourth-order valence-corrected chi connectivity index (χ4v) is 2.22. The van der Waals surface area contributed by atoms with Crippen molar-refractivity contribution in [3.63, 3.8) is 0 Å². The minimum atomic E-state index is -1.22. The summed E-state index contributed by atoms with van der Waals surface area (Å²) in [7, 11) is 1.56. The van der Waals surface area contributed by atoms with Crippen LogP contribution in [-0.4, -0.2) is 23.2 Å². The maximum atomic E-state index is 12.1. The first kappa shape index (κ1) is 12.2. The van der Waals surface area contributed by atoms with Gasteiger partial charge in [0.2, 0.25) is 5.43 Å². The molecule has 2 N–H and O–H groups in total. The van der Waals surface area contributed by atoms with Crippen molar-refractivity contribution in [2.45, 2.75) is 0 Å². The number of methoxy groups -OCH3 is 1. The Kier molecular flexibility index (Phi) is 2.68. The Morgan fingerprint density at radius 3 is 2.70 bits per heavy atom. The summed E-state index contributed by atoms with van der Waals surface area (Å²) in [6.45, 7) is 0. The van der Waals surface area contributed by atoms with E-state index in [-0.39, 0.29) is 5.56 Å². The maximum absolute atomic E-state index is 12.1. The summed E-state index contributed by atoms with van der Waals surface area (Å²) in [5.74, 6) is -0.547. The van der Waals surface area contributed by atoms with Gasteiger partial charge in [-0.15, -0.1) is 0 Å². The predicted molar refractivity (Wildman–Crippen MR) is 74.7 cm³/mol. The standard InChI is InChI=1S/C15H11NO4/c1-20-9-2-4-12-8(6-9)7-11-13(16-12)5-3-10(14(11)17)15(18)19/h2-7,16H,1H3,(H,18,19). The lowest BCUT2D eigenvalue weighted by molar-refractivity contribution is 0.0695. The number of carboxylic acid groups (broad SMARTS) is 1. The van der Waals surface area contributed by atoms with E-state index in [2.05, 4.69) is 4.98 Å². The number of carbonyl (C=O) groups is 1. The lowest BCUT2D eigenvalue weighted by Gasteiger charge is -2.09. The molecule has 0 fully saturated rings. The van der Waals surface area contributed by atoms with Crippen LogP contribution in [0.15, 0.2) is 41.2 Å². The normalized spacial score (nSPS) is 10.8. The lowest BCUT2D eigenvalue weighted by atomic mass is 10.0. The second kappa shape index (κ2) is 4.38. The highest BCUT2D eigenvalue weighted by molar-refractivity contribution is 5.92. The summed E-state index contributed by atoms with van der Waals surface area (Å²) < 4.78 is 5.14. The molecule has 100 valence electrons. The van der Waals surface area contributed by atoms with Gasteiger partial charge < -0.3 is 14.8 Å². The van der Waals surface area contributed by atoms with Crippen molar-refractivity contribution in [1.82, 2.24) is 4.98 Å². The Morgan fingerprint density at radius 2 is 2.00 bits per heavy atom. The smallest absolute Gasteiger partial charge is 0.339 e. The van der Waals surface area contributed by atoms with Crippen LogP contribution in [0.5, 0.6) is 5.75 Å². The quantitative estimate of drug-likeness (QED) is 0.700. The average Bonchev–Trinajstić information content (AvgIpc) is 2.45. The minimum Gasteiger partial charge on any atom is -0.497 e. The summed E-state index contributed by atoms with van der Waals surface area (Å²) in [4.78, 5) is 26.3. The van der Waals surface area contributed by atoms with Gasteiger partial charge in [-0.1, -0.05) is 0 Å². The number of fused-ring (bicyclic) bond motifs is 2. The van der Waals surface area contributed by atoms with E-state index in [1.807, 2.05) is 12.1 Å². The number of rotatable bonds is 2. The largest absolute Gasteiger partial charge is 0.497 e. The second-order valence-electron chi connectivity index (χ2n) is 4.43. The van der Waals surface area contributed by atoms with Crippen molar-refractivity contribution in [2.75, 3.05) is 7.11 Å². The van der Waals surface area contributed by atoms with Gasteiger partial charge in [0, 0.05) is 22.2 Å². The first-order valence-electron chi connectivity index (χ1n) is 5.97. The molecule has 3 rings (SSSR count). The average molecular weight is 269 g/mol. The Morgan fingerprint density at radius 1 is 1.20 bits per heavy atom. The highest BCUT2D eigenvalue weighted by Gasteiger charge is 2.15. The third kappa shape index (κ3) is 1.80. The van der Waals surface area contributed by atoms with Gasteiger partial charge in [0.15, 0.2) is 0 Å². The molecule has 0 aromatic heterocycles. The topological polar surface area (TPSA) is 79.4 Å². The van der Waals surface area contributed by atoms with E-state index in [0.29, 0.717) is 17.0 Å². The highest BCUT2D eigenvalue weighted by Crippen LogP contribution is 2.25. The number of carboxylic acids is 1. The van der Waals surface area contributed by atoms with Gasteiger partial charge in [-0.2, -0.15) is 0 Å². The van der Waals surface area contributed by atoms with E-state index in [0.717, 1.165) is 10.9 Å². The summed E-state index contributed by atoms with van der Waals surface area (Å²) >= 11 is 0.